The number of pyridine rings is 1. The van der Waals surface area contributed by atoms with Crippen molar-refractivity contribution in [1.82, 2.24) is 4.98 Å². The lowest BCUT2D eigenvalue weighted by Gasteiger charge is -2.05. The first kappa shape index (κ1) is 13.1. The van der Waals surface area contributed by atoms with E-state index in [-0.39, 0.29) is 0 Å². The van der Waals surface area contributed by atoms with Crippen LogP contribution in [0.25, 0.3) is 0 Å². The summed E-state index contributed by atoms with van der Waals surface area (Å²) in [6.07, 6.45) is 1.29. The van der Waals surface area contributed by atoms with Gasteiger partial charge in [0.2, 0.25) is 0 Å². The molecule has 1 aromatic heterocycles. The quantitative estimate of drug-likeness (QED) is 0.849. The second kappa shape index (κ2) is 6.03. The summed E-state index contributed by atoms with van der Waals surface area (Å²) in [6.45, 7) is 3.85. The highest BCUT2D eigenvalue weighted by atomic mass is 32.2. The van der Waals surface area contributed by atoms with E-state index < -0.39 is 6.10 Å². The predicted octanol–water partition coefficient (Wildman–Crippen LogP) is 3.74. The summed E-state index contributed by atoms with van der Waals surface area (Å²) in [5.41, 5.74) is 3.45. The van der Waals surface area contributed by atoms with Crippen LogP contribution in [0.4, 0.5) is 0 Å². The van der Waals surface area contributed by atoms with E-state index in [1.165, 1.54) is 11.1 Å². The Morgan fingerprint density at radius 3 is 2.72 bits per heavy atom. The van der Waals surface area contributed by atoms with Gasteiger partial charge in [0.05, 0.1) is 11.1 Å². The lowest BCUT2D eigenvalue weighted by Crippen LogP contribution is -1.92. The van der Waals surface area contributed by atoms with Gasteiger partial charge in [-0.15, -0.1) is 11.8 Å². The van der Waals surface area contributed by atoms with Gasteiger partial charge < -0.3 is 5.11 Å². The van der Waals surface area contributed by atoms with Gasteiger partial charge in [-0.1, -0.05) is 35.9 Å². The zero-order valence-electron chi connectivity index (χ0n) is 10.6. The molecule has 18 heavy (non-hydrogen) atoms. The van der Waals surface area contributed by atoms with Crippen LogP contribution in [0.3, 0.4) is 0 Å². The molecule has 2 rings (SSSR count). The fourth-order valence-corrected chi connectivity index (χ4v) is 2.47. The Kier molecular flexibility index (Phi) is 4.39. The summed E-state index contributed by atoms with van der Waals surface area (Å²) in [5.74, 6) is 0.919. The maximum atomic E-state index is 9.41. The molecular formula is C15H17NOS. The Labute approximate surface area is 112 Å². The van der Waals surface area contributed by atoms with Crippen LogP contribution in [0.15, 0.2) is 47.6 Å². The molecule has 0 saturated carbocycles. The molecule has 94 valence electrons. The first-order chi connectivity index (χ1) is 8.65. The van der Waals surface area contributed by atoms with Gasteiger partial charge in [-0.3, -0.25) is 0 Å². The van der Waals surface area contributed by atoms with Crippen LogP contribution >= 0.6 is 11.8 Å². The first-order valence-electron chi connectivity index (χ1n) is 5.97. The minimum Gasteiger partial charge on any atom is -0.389 e. The van der Waals surface area contributed by atoms with Crippen molar-refractivity contribution in [2.45, 2.75) is 30.7 Å². The molecule has 2 aromatic rings. The fraction of sp³-hybridized carbons (Fsp3) is 0.267. The van der Waals surface area contributed by atoms with Crippen molar-refractivity contribution in [2.24, 2.45) is 0 Å². The topological polar surface area (TPSA) is 33.1 Å². The highest BCUT2D eigenvalue weighted by Crippen LogP contribution is 2.22. The average molecular weight is 259 g/mol. The minimum absolute atomic E-state index is 0.451. The van der Waals surface area contributed by atoms with E-state index in [9.17, 15) is 5.11 Å². The van der Waals surface area contributed by atoms with Gasteiger partial charge in [0, 0.05) is 11.9 Å². The molecule has 0 unspecified atom stereocenters. The van der Waals surface area contributed by atoms with Crippen molar-refractivity contribution in [1.29, 1.82) is 0 Å². The molecule has 0 aliphatic rings. The Hall–Kier alpha value is -1.32. The van der Waals surface area contributed by atoms with E-state index in [4.69, 9.17) is 0 Å². The number of hydrogen-bond acceptors (Lipinski definition) is 3. The molecule has 0 aliphatic heterocycles. The smallest absolute Gasteiger partial charge is 0.0963 e. The molecule has 0 saturated heterocycles. The maximum absolute atomic E-state index is 9.41. The number of aliphatic hydroxyl groups is 1. The second-order valence-corrected chi connectivity index (χ2v) is 5.38. The molecule has 0 spiro atoms. The standard InChI is InChI=1S/C15H17NOS/c1-11-4-3-5-13(8-11)10-18-15-7-6-14(9-16-15)12(2)17/h3-9,12,17H,10H2,1-2H3/t12-/m0/s1. The Morgan fingerprint density at radius 2 is 2.11 bits per heavy atom. The monoisotopic (exact) mass is 259 g/mol. The molecule has 1 aromatic carbocycles. The number of aromatic nitrogens is 1. The van der Waals surface area contributed by atoms with Crippen LogP contribution in [0, 0.1) is 6.92 Å². The number of hydrogen-bond donors (Lipinski definition) is 1. The SMILES string of the molecule is Cc1cccc(CSc2ccc([C@H](C)O)cn2)c1. The zero-order valence-corrected chi connectivity index (χ0v) is 11.4. The molecule has 1 heterocycles. The van der Waals surface area contributed by atoms with Gasteiger partial charge in [0.1, 0.15) is 0 Å². The van der Waals surface area contributed by atoms with Crippen LogP contribution in [0.1, 0.15) is 29.7 Å². The number of benzene rings is 1. The molecule has 3 heteroatoms. The molecule has 0 aliphatic carbocycles. The van der Waals surface area contributed by atoms with Crippen LogP contribution in [0.5, 0.6) is 0 Å². The summed E-state index contributed by atoms with van der Waals surface area (Å²) in [5, 5.41) is 10.4. The van der Waals surface area contributed by atoms with Gasteiger partial charge in [-0.25, -0.2) is 4.98 Å². The second-order valence-electron chi connectivity index (χ2n) is 4.38. The highest BCUT2D eigenvalue weighted by molar-refractivity contribution is 7.98. The third-order valence-electron chi connectivity index (χ3n) is 2.71. The van der Waals surface area contributed by atoms with E-state index in [1.807, 2.05) is 12.1 Å². The van der Waals surface area contributed by atoms with Crippen molar-refractivity contribution < 1.29 is 5.11 Å². The minimum atomic E-state index is -0.451. The van der Waals surface area contributed by atoms with Crippen LogP contribution in [-0.4, -0.2) is 10.1 Å². The molecule has 0 bridgehead atoms. The van der Waals surface area contributed by atoms with E-state index in [1.54, 1.807) is 24.9 Å². The number of rotatable bonds is 4. The highest BCUT2D eigenvalue weighted by Gasteiger charge is 2.02. The molecule has 0 fully saturated rings. The summed E-state index contributed by atoms with van der Waals surface area (Å²) < 4.78 is 0. The van der Waals surface area contributed by atoms with E-state index in [0.29, 0.717) is 0 Å². The lowest BCUT2D eigenvalue weighted by molar-refractivity contribution is 0.198. The van der Waals surface area contributed by atoms with Crippen molar-refractivity contribution >= 4 is 11.8 Å². The molecule has 1 N–H and O–H groups in total. The average Bonchev–Trinajstić information content (AvgIpc) is 2.37. The van der Waals surface area contributed by atoms with Gasteiger partial charge in [-0.2, -0.15) is 0 Å². The Balaban J connectivity index is 1.98. The number of nitrogens with zero attached hydrogens (tertiary/aromatic N) is 1. The summed E-state index contributed by atoms with van der Waals surface area (Å²) in [4.78, 5) is 4.34. The number of aryl methyl sites for hydroxylation is 1. The zero-order chi connectivity index (χ0) is 13.0. The molecular weight excluding hydrogens is 242 g/mol. The fourth-order valence-electron chi connectivity index (χ4n) is 1.68. The number of aliphatic hydroxyl groups excluding tert-OH is 1. The van der Waals surface area contributed by atoms with Crippen molar-refractivity contribution in [3.05, 3.63) is 59.3 Å². The maximum Gasteiger partial charge on any atom is 0.0963 e. The van der Waals surface area contributed by atoms with E-state index in [0.717, 1.165) is 16.3 Å². The largest absolute Gasteiger partial charge is 0.389 e. The first-order valence-corrected chi connectivity index (χ1v) is 6.96. The normalized spacial score (nSPS) is 12.4. The van der Waals surface area contributed by atoms with Crippen LogP contribution in [-0.2, 0) is 5.75 Å². The molecule has 0 amide bonds. The molecule has 2 nitrogen and oxygen atoms in total. The molecule has 1 atom stereocenters. The van der Waals surface area contributed by atoms with E-state index in [2.05, 4.69) is 36.2 Å². The number of thioether (sulfide) groups is 1. The van der Waals surface area contributed by atoms with Gasteiger partial charge in [0.25, 0.3) is 0 Å². The molecule has 0 radical (unpaired) electrons. The van der Waals surface area contributed by atoms with E-state index >= 15 is 0 Å². The predicted molar refractivity (Wildman–Crippen MR) is 75.6 cm³/mol. The van der Waals surface area contributed by atoms with Crippen LogP contribution in [0.2, 0.25) is 0 Å². The van der Waals surface area contributed by atoms with Crippen molar-refractivity contribution in [3.8, 4) is 0 Å². The van der Waals surface area contributed by atoms with Crippen molar-refractivity contribution in [2.75, 3.05) is 0 Å². The summed E-state index contributed by atoms with van der Waals surface area (Å²) >= 11 is 1.71. The third-order valence-corrected chi connectivity index (χ3v) is 3.73. The third kappa shape index (κ3) is 3.59. The Morgan fingerprint density at radius 1 is 1.28 bits per heavy atom. The Bertz CT molecular complexity index is 508. The van der Waals surface area contributed by atoms with Gasteiger partial charge >= 0.3 is 0 Å². The summed E-state index contributed by atoms with van der Waals surface area (Å²) in [6, 6.07) is 12.4. The van der Waals surface area contributed by atoms with Crippen LogP contribution < -0.4 is 0 Å². The van der Waals surface area contributed by atoms with Crippen molar-refractivity contribution in [3.63, 3.8) is 0 Å². The van der Waals surface area contributed by atoms with Gasteiger partial charge in [0.15, 0.2) is 0 Å². The summed E-state index contributed by atoms with van der Waals surface area (Å²) in [7, 11) is 0. The lowest BCUT2D eigenvalue weighted by atomic mass is 10.2. The van der Waals surface area contributed by atoms with Gasteiger partial charge in [-0.05, 0) is 31.0 Å².